The minimum absolute atomic E-state index is 0.0884. The van der Waals surface area contributed by atoms with Gasteiger partial charge in [-0.1, -0.05) is 18.2 Å². The van der Waals surface area contributed by atoms with Gasteiger partial charge in [0.15, 0.2) is 0 Å². The summed E-state index contributed by atoms with van der Waals surface area (Å²) >= 11 is 0. The van der Waals surface area contributed by atoms with Gasteiger partial charge in [-0.2, -0.15) is 26.3 Å². The van der Waals surface area contributed by atoms with E-state index in [2.05, 4.69) is 4.74 Å². The van der Waals surface area contributed by atoms with E-state index in [0.717, 1.165) is 12.1 Å². The number of amides is 1. The largest absolute Gasteiger partial charge is 0.465 e. The number of halogens is 6. The summed E-state index contributed by atoms with van der Waals surface area (Å²) in [5.41, 5.74) is -1.14. The topological polar surface area (TPSA) is 46.6 Å². The molecule has 4 nitrogen and oxygen atoms in total. The molecule has 0 radical (unpaired) electrons. The van der Waals surface area contributed by atoms with Crippen molar-refractivity contribution in [3.05, 3.63) is 35.4 Å². The van der Waals surface area contributed by atoms with Crippen LogP contribution in [0.15, 0.2) is 24.3 Å². The predicted molar refractivity (Wildman–Crippen MR) is 79.0 cm³/mol. The number of benzene rings is 1. The fraction of sp³-hybridized carbons (Fsp3) is 0.500. The summed E-state index contributed by atoms with van der Waals surface area (Å²) < 4.78 is 81.5. The van der Waals surface area contributed by atoms with E-state index in [0.29, 0.717) is 13.0 Å². The normalized spacial score (nSPS) is 13.2. The zero-order chi connectivity index (χ0) is 20.1. The van der Waals surface area contributed by atoms with Crippen LogP contribution in [0.1, 0.15) is 25.0 Å². The molecule has 0 aromatic heterocycles. The first-order valence-corrected chi connectivity index (χ1v) is 7.54. The summed E-state index contributed by atoms with van der Waals surface area (Å²) in [4.78, 5) is 24.0. The van der Waals surface area contributed by atoms with Gasteiger partial charge in [-0.3, -0.25) is 9.59 Å². The highest BCUT2D eigenvalue weighted by Crippen LogP contribution is 2.30. The third kappa shape index (κ3) is 6.23. The predicted octanol–water partition coefficient (Wildman–Crippen LogP) is 3.59. The molecular formula is C16H17F6NO3. The Hall–Kier alpha value is -2.26. The van der Waals surface area contributed by atoms with Crippen molar-refractivity contribution in [2.45, 2.75) is 38.7 Å². The lowest BCUT2D eigenvalue weighted by Gasteiger charge is -2.30. The number of carbonyl (C=O) groups is 2. The van der Waals surface area contributed by atoms with Crippen molar-refractivity contribution in [2.75, 3.05) is 13.2 Å². The fourth-order valence-electron chi connectivity index (χ4n) is 2.10. The monoisotopic (exact) mass is 385 g/mol. The molecular weight excluding hydrogens is 368 g/mol. The fourth-order valence-corrected chi connectivity index (χ4v) is 2.10. The number of rotatable bonds is 6. The summed E-state index contributed by atoms with van der Waals surface area (Å²) in [5, 5.41) is 0. The SMILES string of the molecule is CCOC(=O)CN(C(=O)Cc1cccc(C(F)(F)F)c1)C(C)C(F)(F)F. The van der Waals surface area contributed by atoms with Crippen LogP contribution < -0.4 is 0 Å². The van der Waals surface area contributed by atoms with Crippen molar-refractivity contribution < 1.29 is 40.7 Å². The van der Waals surface area contributed by atoms with Crippen LogP contribution in [0.4, 0.5) is 26.3 Å². The second kappa shape index (κ2) is 8.41. The quantitative estimate of drug-likeness (QED) is 0.556. The van der Waals surface area contributed by atoms with E-state index in [1.165, 1.54) is 13.0 Å². The molecule has 1 aromatic rings. The van der Waals surface area contributed by atoms with Gasteiger partial charge in [0, 0.05) is 0 Å². The molecule has 1 aromatic carbocycles. The summed E-state index contributed by atoms with van der Waals surface area (Å²) in [6, 6.07) is 1.40. The Labute approximate surface area is 145 Å². The van der Waals surface area contributed by atoms with Crippen molar-refractivity contribution in [3.63, 3.8) is 0 Å². The van der Waals surface area contributed by atoms with Gasteiger partial charge >= 0.3 is 18.3 Å². The molecule has 0 saturated heterocycles. The van der Waals surface area contributed by atoms with Crippen molar-refractivity contribution in [1.29, 1.82) is 0 Å². The Balaban J connectivity index is 3.03. The van der Waals surface area contributed by atoms with E-state index in [9.17, 15) is 35.9 Å². The highest BCUT2D eigenvalue weighted by molar-refractivity contribution is 5.84. The minimum atomic E-state index is -4.81. The molecule has 0 fully saturated rings. The number of hydrogen-bond donors (Lipinski definition) is 0. The molecule has 0 saturated carbocycles. The molecule has 0 aliphatic heterocycles. The molecule has 1 atom stereocenters. The van der Waals surface area contributed by atoms with Crippen LogP contribution in [0.2, 0.25) is 0 Å². The van der Waals surface area contributed by atoms with E-state index in [4.69, 9.17) is 0 Å². The van der Waals surface area contributed by atoms with Crippen molar-refractivity contribution in [3.8, 4) is 0 Å². The molecule has 10 heteroatoms. The number of carbonyl (C=O) groups excluding carboxylic acids is 2. The molecule has 0 heterocycles. The third-order valence-corrected chi connectivity index (χ3v) is 3.48. The molecule has 146 valence electrons. The van der Waals surface area contributed by atoms with Crippen LogP contribution in [0.5, 0.6) is 0 Å². The van der Waals surface area contributed by atoms with Gasteiger partial charge in [0.25, 0.3) is 0 Å². The average molecular weight is 385 g/mol. The number of hydrogen-bond acceptors (Lipinski definition) is 3. The van der Waals surface area contributed by atoms with Crippen LogP contribution in [0, 0.1) is 0 Å². The Bertz CT molecular complexity index is 642. The molecule has 0 aliphatic carbocycles. The smallest absolute Gasteiger partial charge is 0.416 e. The van der Waals surface area contributed by atoms with Gasteiger partial charge in [0.1, 0.15) is 12.6 Å². The van der Waals surface area contributed by atoms with Crippen LogP contribution in [-0.2, 0) is 26.9 Å². The highest BCUT2D eigenvalue weighted by Gasteiger charge is 2.43. The van der Waals surface area contributed by atoms with Gasteiger partial charge in [0.2, 0.25) is 5.91 Å². The first-order valence-electron chi connectivity index (χ1n) is 7.54. The summed E-state index contributed by atoms with van der Waals surface area (Å²) in [7, 11) is 0. The van der Waals surface area contributed by atoms with E-state index in [1.807, 2.05) is 0 Å². The van der Waals surface area contributed by atoms with Gasteiger partial charge in [-0.25, -0.2) is 0 Å². The van der Waals surface area contributed by atoms with Crippen molar-refractivity contribution in [2.24, 2.45) is 0 Å². The van der Waals surface area contributed by atoms with Crippen LogP contribution in [0.3, 0.4) is 0 Å². The first kappa shape index (κ1) is 21.8. The average Bonchev–Trinajstić information content (AvgIpc) is 2.50. The lowest BCUT2D eigenvalue weighted by atomic mass is 10.1. The Morgan fingerprint density at radius 2 is 1.77 bits per heavy atom. The van der Waals surface area contributed by atoms with E-state index >= 15 is 0 Å². The Morgan fingerprint density at radius 1 is 1.15 bits per heavy atom. The molecule has 26 heavy (non-hydrogen) atoms. The Morgan fingerprint density at radius 3 is 2.27 bits per heavy atom. The number of alkyl halides is 6. The van der Waals surface area contributed by atoms with Gasteiger partial charge in [-0.05, 0) is 25.5 Å². The van der Waals surface area contributed by atoms with Gasteiger partial charge in [-0.15, -0.1) is 0 Å². The lowest BCUT2D eigenvalue weighted by molar-refractivity contribution is -0.188. The van der Waals surface area contributed by atoms with E-state index in [1.54, 1.807) is 0 Å². The van der Waals surface area contributed by atoms with E-state index in [-0.39, 0.29) is 17.1 Å². The maximum absolute atomic E-state index is 13.0. The number of ether oxygens (including phenoxy) is 1. The molecule has 1 unspecified atom stereocenters. The molecule has 0 aliphatic rings. The molecule has 0 bridgehead atoms. The zero-order valence-corrected chi connectivity index (χ0v) is 13.9. The standard InChI is InChI=1S/C16H17F6NO3/c1-3-26-14(25)9-23(10(2)15(17,18)19)13(24)8-11-5-4-6-12(7-11)16(20,21)22/h4-7,10H,3,8-9H2,1-2H3. The van der Waals surface area contributed by atoms with Crippen LogP contribution in [-0.4, -0.2) is 42.1 Å². The summed E-state index contributed by atoms with van der Waals surface area (Å²) in [6.45, 7) is 1.09. The maximum Gasteiger partial charge on any atom is 0.416 e. The second-order valence-electron chi connectivity index (χ2n) is 5.42. The zero-order valence-electron chi connectivity index (χ0n) is 13.9. The van der Waals surface area contributed by atoms with Gasteiger partial charge in [0.05, 0.1) is 18.6 Å². The Kier molecular flexibility index (Phi) is 7.05. The third-order valence-electron chi connectivity index (χ3n) is 3.48. The van der Waals surface area contributed by atoms with Crippen LogP contribution in [0.25, 0.3) is 0 Å². The maximum atomic E-state index is 13.0. The van der Waals surface area contributed by atoms with Crippen molar-refractivity contribution >= 4 is 11.9 Å². The first-order chi connectivity index (χ1) is 11.9. The molecule has 1 rings (SSSR count). The minimum Gasteiger partial charge on any atom is -0.465 e. The molecule has 0 N–H and O–H groups in total. The number of esters is 1. The summed E-state index contributed by atoms with van der Waals surface area (Å²) in [6.07, 6.45) is -10.2. The molecule has 0 spiro atoms. The second-order valence-corrected chi connectivity index (χ2v) is 5.42. The van der Waals surface area contributed by atoms with Crippen LogP contribution >= 0.6 is 0 Å². The van der Waals surface area contributed by atoms with E-state index < -0.39 is 48.8 Å². The summed E-state index contributed by atoms with van der Waals surface area (Å²) in [5.74, 6) is -2.18. The lowest BCUT2D eigenvalue weighted by Crippen LogP contribution is -2.50. The molecule has 1 amide bonds. The highest BCUT2D eigenvalue weighted by atomic mass is 19.4. The number of nitrogens with zero attached hydrogens (tertiary/aromatic N) is 1. The van der Waals surface area contributed by atoms with Crippen molar-refractivity contribution in [1.82, 2.24) is 4.90 Å². The van der Waals surface area contributed by atoms with Gasteiger partial charge < -0.3 is 9.64 Å².